The highest BCUT2D eigenvalue weighted by Crippen LogP contribution is 2.33. The van der Waals surface area contributed by atoms with Crippen LogP contribution in [0.1, 0.15) is 34.9 Å². The zero-order valence-electron chi connectivity index (χ0n) is 11.6. The van der Waals surface area contributed by atoms with Crippen LogP contribution >= 0.6 is 11.3 Å². The number of carboxylic acid groups (broad SMARTS) is 1. The van der Waals surface area contributed by atoms with E-state index in [1.54, 1.807) is 4.57 Å². The van der Waals surface area contributed by atoms with Crippen molar-refractivity contribution in [2.24, 2.45) is 0 Å². The second-order valence-electron chi connectivity index (χ2n) is 5.38. The minimum absolute atomic E-state index is 0.00515. The Labute approximate surface area is 126 Å². The van der Waals surface area contributed by atoms with Gasteiger partial charge < -0.3 is 9.67 Å². The van der Waals surface area contributed by atoms with Crippen molar-refractivity contribution in [3.63, 3.8) is 0 Å². The van der Waals surface area contributed by atoms with E-state index in [0.717, 1.165) is 29.8 Å². The van der Waals surface area contributed by atoms with Crippen molar-refractivity contribution in [2.75, 3.05) is 0 Å². The first-order chi connectivity index (χ1) is 10.1. The number of carbonyl (C=O) groups is 1. The number of aliphatic carboxylic acids is 1. The number of hydrogen-bond donors (Lipinski definition) is 1. The lowest BCUT2D eigenvalue weighted by molar-refractivity contribution is -0.137. The summed E-state index contributed by atoms with van der Waals surface area (Å²) in [7, 11) is 0. The summed E-state index contributed by atoms with van der Waals surface area (Å²) in [5.74, 6) is -0.399. The molecule has 21 heavy (non-hydrogen) atoms. The molecule has 0 saturated heterocycles. The van der Waals surface area contributed by atoms with Gasteiger partial charge in [0.2, 0.25) is 0 Å². The maximum Gasteiger partial charge on any atom is 0.307 e. The van der Waals surface area contributed by atoms with Crippen LogP contribution in [0.15, 0.2) is 35.1 Å². The maximum absolute atomic E-state index is 12.1. The van der Waals surface area contributed by atoms with Crippen molar-refractivity contribution in [3.05, 3.63) is 56.1 Å². The van der Waals surface area contributed by atoms with Gasteiger partial charge in [-0.1, -0.05) is 41.7 Å². The molecule has 4 nitrogen and oxygen atoms in total. The fourth-order valence-corrected chi connectivity index (χ4v) is 4.13. The molecule has 1 aliphatic carbocycles. The molecule has 0 radical (unpaired) electrons. The first-order valence-electron chi connectivity index (χ1n) is 7.13. The lowest BCUT2D eigenvalue weighted by Crippen LogP contribution is -2.20. The van der Waals surface area contributed by atoms with Crippen LogP contribution in [0.5, 0.6) is 0 Å². The SMILES string of the molecule is O=C(O)CCn1c2c(sc1=O)CC(c1ccccc1)CC2. The van der Waals surface area contributed by atoms with E-state index < -0.39 is 5.97 Å². The van der Waals surface area contributed by atoms with Crippen LogP contribution in [0.25, 0.3) is 0 Å². The monoisotopic (exact) mass is 303 g/mol. The average Bonchev–Trinajstić information content (AvgIpc) is 2.80. The van der Waals surface area contributed by atoms with Gasteiger partial charge in [-0.2, -0.15) is 0 Å². The molecule has 3 rings (SSSR count). The summed E-state index contributed by atoms with van der Waals surface area (Å²) in [5, 5.41) is 8.79. The van der Waals surface area contributed by atoms with E-state index in [4.69, 9.17) is 5.11 Å². The van der Waals surface area contributed by atoms with E-state index in [-0.39, 0.29) is 17.8 Å². The molecule has 110 valence electrons. The Hall–Kier alpha value is -1.88. The quantitative estimate of drug-likeness (QED) is 0.944. The van der Waals surface area contributed by atoms with Gasteiger partial charge in [-0.3, -0.25) is 9.59 Å². The van der Waals surface area contributed by atoms with Crippen molar-refractivity contribution in [3.8, 4) is 0 Å². The summed E-state index contributed by atoms with van der Waals surface area (Å²) in [6.07, 6.45) is 2.76. The van der Waals surface area contributed by atoms with Crippen LogP contribution in [0.3, 0.4) is 0 Å². The van der Waals surface area contributed by atoms with Gasteiger partial charge in [-0.05, 0) is 30.7 Å². The van der Waals surface area contributed by atoms with Crippen LogP contribution in [0.2, 0.25) is 0 Å². The number of carboxylic acids is 1. The first kappa shape index (κ1) is 14.1. The Kier molecular flexibility index (Phi) is 3.92. The smallest absolute Gasteiger partial charge is 0.307 e. The molecule has 1 aromatic carbocycles. The lowest BCUT2D eigenvalue weighted by atomic mass is 9.85. The first-order valence-corrected chi connectivity index (χ1v) is 7.95. The van der Waals surface area contributed by atoms with Crippen molar-refractivity contribution >= 4 is 17.3 Å². The molecule has 0 aliphatic heterocycles. The lowest BCUT2D eigenvalue weighted by Gasteiger charge is -2.23. The second-order valence-corrected chi connectivity index (χ2v) is 6.43. The van der Waals surface area contributed by atoms with Crippen LogP contribution < -0.4 is 4.87 Å². The summed E-state index contributed by atoms with van der Waals surface area (Å²) in [4.78, 5) is 23.9. The topological polar surface area (TPSA) is 59.3 Å². The molecule has 0 saturated carbocycles. The molecule has 1 atom stereocenters. The summed E-state index contributed by atoms with van der Waals surface area (Å²) < 4.78 is 1.66. The normalized spacial score (nSPS) is 17.4. The molecule has 0 bridgehead atoms. The molecule has 1 aromatic heterocycles. The molecule has 1 heterocycles. The highest BCUT2D eigenvalue weighted by molar-refractivity contribution is 7.09. The van der Waals surface area contributed by atoms with Crippen LogP contribution in [-0.2, 0) is 24.2 Å². The molecule has 1 unspecified atom stereocenters. The minimum Gasteiger partial charge on any atom is -0.481 e. The molecule has 1 aliphatic rings. The third kappa shape index (κ3) is 2.93. The van der Waals surface area contributed by atoms with Gasteiger partial charge in [0, 0.05) is 17.1 Å². The van der Waals surface area contributed by atoms with Crippen molar-refractivity contribution < 1.29 is 9.90 Å². The molecule has 0 spiro atoms. The average molecular weight is 303 g/mol. The van der Waals surface area contributed by atoms with Gasteiger partial charge in [0.25, 0.3) is 0 Å². The summed E-state index contributed by atoms with van der Waals surface area (Å²) in [6.45, 7) is 0.288. The van der Waals surface area contributed by atoms with Gasteiger partial charge >= 0.3 is 10.8 Å². The number of thiazole rings is 1. The van der Waals surface area contributed by atoms with E-state index in [9.17, 15) is 9.59 Å². The van der Waals surface area contributed by atoms with Gasteiger partial charge in [0.15, 0.2) is 0 Å². The molecule has 0 amide bonds. The summed E-state index contributed by atoms with van der Waals surface area (Å²) >= 11 is 1.28. The van der Waals surface area contributed by atoms with Gasteiger partial charge in [-0.25, -0.2) is 0 Å². The Morgan fingerprint density at radius 1 is 1.33 bits per heavy atom. The van der Waals surface area contributed by atoms with Crippen LogP contribution in [-0.4, -0.2) is 15.6 Å². The number of nitrogens with zero attached hydrogens (tertiary/aromatic N) is 1. The minimum atomic E-state index is -0.861. The number of fused-ring (bicyclic) bond motifs is 1. The van der Waals surface area contributed by atoms with E-state index in [1.165, 1.54) is 16.9 Å². The number of hydrogen-bond acceptors (Lipinski definition) is 3. The van der Waals surface area contributed by atoms with Gasteiger partial charge in [-0.15, -0.1) is 0 Å². The zero-order valence-corrected chi connectivity index (χ0v) is 12.4. The highest BCUT2D eigenvalue weighted by atomic mass is 32.1. The molecule has 1 N–H and O–H groups in total. The second kappa shape index (κ2) is 5.85. The molecule has 5 heteroatoms. The Morgan fingerprint density at radius 3 is 2.81 bits per heavy atom. The predicted octanol–water partition coefficient (Wildman–Crippen LogP) is 2.66. The molecule has 2 aromatic rings. The van der Waals surface area contributed by atoms with Crippen molar-refractivity contribution in [1.29, 1.82) is 0 Å². The van der Waals surface area contributed by atoms with Gasteiger partial charge in [0.1, 0.15) is 0 Å². The summed E-state index contributed by atoms with van der Waals surface area (Å²) in [6, 6.07) is 10.4. The zero-order chi connectivity index (χ0) is 14.8. The fraction of sp³-hybridized carbons (Fsp3) is 0.375. The van der Waals surface area contributed by atoms with Crippen LogP contribution in [0.4, 0.5) is 0 Å². The molecular weight excluding hydrogens is 286 g/mol. The third-order valence-electron chi connectivity index (χ3n) is 4.06. The standard InChI is InChI=1S/C16H17NO3S/c18-15(19)8-9-17-13-7-6-12(10-14(13)21-16(17)20)11-4-2-1-3-5-11/h1-5,12H,6-10H2,(H,18,19). The van der Waals surface area contributed by atoms with E-state index in [0.29, 0.717) is 5.92 Å². The van der Waals surface area contributed by atoms with Crippen molar-refractivity contribution in [1.82, 2.24) is 4.57 Å². The van der Waals surface area contributed by atoms with Crippen LogP contribution in [0, 0.1) is 0 Å². The predicted molar refractivity (Wildman–Crippen MR) is 82.0 cm³/mol. The summed E-state index contributed by atoms with van der Waals surface area (Å²) in [5.41, 5.74) is 2.37. The maximum atomic E-state index is 12.1. The highest BCUT2D eigenvalue weighted by Gasteiger charge is 2.25. The van der Waals surface area contributed by atoms with Crippen molar-refractivity contribution in [2.45, 2.75) is 38.1 Å². The number of benzene rings is 1. The number of aromatic nitrogens is 1. The number of rotatable bonds is 4. The van der Waals surface area contributed by atoms with E-state index >= 15 is 0 Å². The largest absolute Gasteiger partial charge is 0.481 e. The third-order valence-corrected chi connectivity index (χ3v) is 5.10. The Bertz CT molecular complexity index is 702. The molecular formula is C16H17NO3S. The van der Waals surface area contributed by atoms with Gasteiger partial charge in [0.05, 0.1) is 6.42 Å². The Morgan fingerprint density at radius 2 is 2.10 bits per heavy atom. The Balaban J connectivity index is 1.83. The molecule has 0 fully saturated rings. The van der Waals surface area contributed by atoms with E-state index in [2.05, 4.69) is 12.1 Å². The van der Waals surface area contributed by atoms with E-state index in [1.807, 2.05) is 18.2 Å². The fourth-order valence-electron chi connectivity index (χ4n) is 2.99.